The summed E-state index contributed by atoms with van der Waals surface area (Å²) in [6, 6.07) is 0. The van der Waals surface area contributed by atoms with E-state index in [4.69, 9.17) is 5.90 Å². The lowest BCUT2D eigenvalue weighted by Gasteiger charge is -1.96. The van der Waals surface area contributed by atoms with Crippen molar-refractivity contribution in [1.82, 2.24) is 0 Å². The maximum Gasteiger partial charge on any atom is 0.111 e. The Bertz CT molecular complexity index is 90.4. The van der Waals surface area contributed by atoms with E-state index in [1.807, 2.05) is 0 Å². The van der Waals surface area contributed by atoms with Crippen LogP contribution in [0.15, 0.2) is 17.8 Å². The molecule has 0 radical (unpaired) electrons. The number of aliphatic imine (C=N–C) groups is 1. The van der Waals surface area contributed by atoms with Crippen molar-refractivity contribution in [2.45, 2.75) is 13.0 Å². The van der Waals surface area contributed by atoms with Crippen molar-refractivity contribution in [3.63, 3.8) is 0 Å². The predicted octanol–water partition coefficient (Wildman–Crippen LogP) is 0.480. The molecular weight excluding hydrogens is 104 g/mol. The van der Waals surface area contributed by atoms with E-state index >= 15 is 0 Å². The van der Waals surface area contributed by atoms with E-state index in [0.29, 0.717) is 0 Å². The van der Waals surface area contributed by atoms with Crippen molar-refractivity contribution in [2.24, 2.45) is 10.9 Å². The number of nitrogens with zero attached hydrogens (tertiary/aromatic N) is 1. The summed E-state index contributed by atoms with van der Waals surface area (Å²) in [6.07, 6.45) is 2.86. The van der Waals surface area contributed by atoms with Gasteiger partial charge in [0.25, 0.3) is 0 Å². The molecule has 1 atom stereocenters. The van der Waals surface area contributed by atoms with Gasteiger partial charge in [-0.05, 0) is 6.92 Å². The number of rotatable bonds is 3. The van der Waals surface area contributed by atoms with Crippen LogP contribution < -0.4 is 5.90 Å². The first-order chi connectivity index (χ1) is 3.81. The normalized spacial score (nSPS) is 14.2. The monoisotopic (exact) mass is 114 g/mol. The van der Waals surface area contributed by atoms with Gasteiger partial charge < -0.3 is 0 Å². The minimum Gasteiger partial charge on any atom is -0.296 e. The van der Waals surface area contributed by atoms with Gasteiger partial charge in [-0.25, -0.2) is 5.90 Å². The third-order valence-electron chi connectivity index (χ3n) is 0.616. The zero-order chi connectivity index (χ0) is 6.41. The standard InChI is InChI=1S/C5H10N2O/c1-3-7-4-5(2)8-6/h3-5H,1,6H2,2H3. The van der Waals surface area contributed by atoms with Crippen molar-refractivity contribution in [1.29, 1.82) is 0 Å². The molecule has 8 heavy (non-hydrogen) atoms. The highest BCUT2D eigenvalue weighted by Gasteiger charge is 1.88. The molecule has 0 aromatic rings. The first-order valence-electron chi connectivity index (χ1n) is 2.31. The highest BCUT2D eigenvalue weighted by molar-refractivity contribution is 5.62. The molecule has 0 saturated carbocycles. The molecule has 0 aliphatic heterocycles. The van der Waals surface area contributed by atoms with Crippen LogP contribution in [-0.4, -0.2) is 12.3 Å². The van der Waals surface area contributed by atoms with Crippen LogP contribution in [0.2, 0.25) is 0 Å². The molecule has 1 unspecified atom stereocenters. The second-order valence-electron chi connectivity index (χ2n) is 1.32. The van der Waals surface area contributed by atoms with Gasteiger partial charge in [0.05, 0.1) is 0 Å². The zero-order valence-electron chi connectivity index (χ0n) is 4.87. The fraction of sp³-hybridized carbons (Fsp3) is 0.400. The average molecular weight is 114 g/mol. The molecule has 3 heteroatoms. The second kappa shape index (κ2) is 4.49. The van der Waals surface area contributed by atoms with Gasteiger partial charge in [-0.1, -0.05) is 6.58 Å². The first-order valence-corrected chi connectivity index (χ1v) is 2.31. The molecule has 0 amide bonds. The number of nitrogens with two attached hydrogens (primary N) is 1. The van der Waals surface area contributed by atoms with Crippen LogP contribution >= 0.6 is 0 Å². The summed E-state index contributed by atoms with van der Waals surface area (Å²) in [5.41, 5.74) is 0. The second-order valence-corrected chi connectivity index (χ2v) is 1.32. The largest absolute Gasteiger partial charge is 0.296 e. The summed E-state index contributed by atoms with van der Waals surface area (Å²) >= 11 is 0. The molecular formula is C5H10N2O. The highest BCUT2D eigenvalue weighted by atomic mass is 16.6. The van der Waals surface area contributed by atoms with Crippen molar-refractivity contribution in [3.8, 4) is 0 Å². The molecule has 0 heterocycles. The Morgan fingerprint density at radius 3 is 2.88 bits per heavy atom. The van der Waals surface area contributed by atoms with Gasteiger partial charge in [0.1, 0.15) is 6.10 Å². The molecule has 0 saturated heterocycles. The van der Waals surface area contributed by atoms with Crippen LogP contribution in [0, 0.1) is 0 Å². The third kappa shape index (κ3) is 3.52. The number of hydrogen-bond acceptors (Lipinski definition) is 3. The molecule has 0 bridgehead atoms. The highest BCUT2D eigenvalue weighted by Crippen LogP contribution is 1.78. The quantitative estimate of drug-likeness (QED) is 0.428. The Labute approximate surface area is 48.8 Å². The van der Waals surface area contributed by atoms with Crippen LogP contribution in [0.5, 0.6) is 0 Å². The summed E-state index contributed by atoms with van der Waals surface area (Å²) in [6.45, 7) is 5.16. The smallest absolute Gasteiger partial charge is 0.111 e. The van der Waals surface area contributed by atoms with Gasteiger partial charge in [0.15, 0.2) is 0 Å². The fourth-order valence-electron chi connectivity index (χ4n) is 0.217. The van der Waals surface area contributed by atoms with Gasteiger partial charge >= 0.3 is 0 Å². The van der Waals surface area contributed by atoms with Crippen molar-refractivity contribution < 1.29 is 4.84 Å². The molecule has 0 aliphatic carbocycles. The SMILES string of the molecule is C=CN=CC(C)ON. The minimum absolute atomic E-state index is 0.131. The van der Waals surface area contributed by atoms with E-state index in [0.717, 1.165) is 0 Å². The first kappa shape index (κ1) is 7.33. The van der Waals surface area contributed by atoms with Gasteiger partial charge in [-0.2, -0.15) is 0 Å². The van der Waals surface area contributed by atoms with Gasteiger partial charge in [-0.3, -0.25) is 9.83 Å². The van der Waals surface area contributed by atoms with Crippen LogP contribution in [0.4, 0.5) is 0 Å². The number of hydrogen-bond donors (Lipinski definition) is 1. The lowest BCUT2D eigenvalue weighted by Crippen LogP contribution is -2.13. The van der Waals surface area contributed by atoms with Crippen molar-refractivity contribution in [3.05, 3.63) is 12.8 Å². The lowest BCUT2D eigenvalue weighted by atomic mass is 10.5. The van der Waals surface area contributed by atoms with Crippen LogP contribution in [0.3, 0.4) is 0 Å². The van der Waals surface area contributed by atoms with Gasteiger partial charge in [0.2, 0.25) is 0 Å². The Hall–Kier alpha value is -0.670. The van der Waals surface area contributed by atoms with E-state index in [2.05, 4.69) is 16.4 Å². The summed E-state index contributed by atoms with van der Waals surface area (Å²) < 4.78 is 0. The third-order valence-corrected chi connectivity index (χ3v) is 0.616. The Morgan fingerprint density at radius 2 is 2.50 bits per heavy atom. The molecule has 0 fully saturated rings. The Morgan fingerprint density at radius 1 is 1.88 bits per heavy atom. The van der Waals surface area contributed by atoms with Crippen LogP contribution in [0.25, 0.3) is 0 Å². The molecule has 46 valence electrons. The average Bonchev–Trinajstić information content (AvgIpc) is 1.83. The van der Waals surface area contributed by atoms with Crippen LogP contribution in [-0.2, 0) is 4.84 Å². The summed E-state index contributed by atoms with van der Waals surface area (Å²) in [4.78, 5) is 8.03. The van der Waals surface area contributed by atoms with E-state index in [1.165, 1.54) is 6.20 Å². The fourth-order valence-corrected chi connectivity index (χ4v) is 0.217. The maximum atomic E-state index is 4.79. The zero-order valence-corrected chi connectivity index (χ0v) is 4.87. The predicted molar refractivity (Wildman–Crippen MR) is 33.4 cm³/mol. The summed E-state index contributed by atoms with van der Waals surface area (Å²) in [5.74, 6) is 4.79. The molecule has 0 rings (SSSR count). The summed E-state index contributed by atoms with van der Waals surface area (Å²) in [7, 11) is 0. The van der Waals surface area contributed by atoms with E-state index in [-0.39, 0.29) is 6.10 Å². The lowest BCUT2D eigenvalue weighted by molar-refractivity contribution is 0.115. The molecule has 3 nitrogen and oxygen atoms in total. The van der Waals surface area contributed by atoms with E-state index in [9.17, 15) is 0 Å². The van der Waals surface area contributed by atoms with Crippen molar-refractivity contribution >= 4 is 6.21 Å². The topological polar surface area (TPSA) is 47.6 Å². The van der Waals surface area contributed by atoms with Gasteiger partial charge in [-0.15, -0.1) is 0 Å². The Kier molecular flexibility index (Phi) is 4.11. The summed E-state index contributed by atoms with van der Waals surface area (Å²) in [5, 5.41) is 0. The van der Waals surface area contributed by atoms with Gasteiger partial charge in [0, 0.05) is 12.4 Å². The van der Waals surface area contributed by atoms with E-state index in [1.54, 1.807) is 13.1 Å². The van der Waals surface area contributed by atoms with E-state index < -0.39 is 0 Å². The maximum absolute atomic E-state index is 4.79. The van der Waals surface area contributed by atoms with Crippen molar-refractivity contribution in [2.75, 3.05) is 0 Å². The molecule has 0 aromatic carbocycles. The molecule has 0 spiro atoms. The minimum atomic E-state index is -0.131. The van der Waals surface area contributed by atoms with Crippen LogP contribution in [0.1, 0.15) is 6.92 Å². The molecule has 2 N–H and O–H groups in total. The molecule has 0 aliphatic rings. The molecule has 0 aromatic heterocycles. The Balaban J connectivity index is 3.35.